The Bertz CT molecular complexity index is 829. The van der Waals surface area contributed by atoms with E-state index >= 15 is 0 Å². The van der Waals surface area contributed by atoms with Crippen molar-refractivity contribution in [2.75, 3.05) is 19.4 Å². The molecule has 11 heteroatoms. The lowest BCUT2D eigenvalue weighted by Crippen LogP contribution is -2.42. The van der Waals surface area contributed by atoms with Gasteiger partial charge < -0.3 is 9.30 Å². The number of carbonyl (C=O) groups excluding carboxylic acids is 2. The monoisotopic (exact) mass is 396 g/mol. The minimum absolute atomic E-state index is 0.00235. The number of Topliss-reactive ketones (excluding diaryl/α,β-unsaturated/α-hetero) is 1. The fourth-order valence-electron chi connectivity index (χ4n) is 3.03. The number of sulfonamides is 1. The van der Waals surface area contributed by atoms with Gasteiger partial charge in [0.15, 0.2) is 5.78 Å². The highest BCUT2D eigenvalue weighted by Gasteiger charge is 2.43. The van der Waals surface area contributed by atoms with Gasteiger partial charge in [0.2, 0.25) is 10.0 Å². The van der Waals surface area contributed by atoms with Gasteiger partial charge >= 0.3 is 12.1 Å². The molecule has 1 atom stereocenters. The predicted octanol–water partition coefficient (Wildman–Crippen LogP) is 1.43. The minimum atomic E-state index is -4.46. The zero-order valence-corrected chi connectivity index (χ0v) is 15.3. The molecule has 0 aliphatic carbocycles. The summed E-state index contributed by atoms with van der Waals surface area (Å²) in [6, 6.07) is 0.187. The standard InChI is InChI=1S/C15H19F3N2O5S/c1-9-6-11(10(2)19(9)8-15(16,17)18)13(21)7-20-12(14(22)25-3)4-5-26(20,23)24/h6,12H,4-5,7-8H2,1-3H3. The lowest BCUT2D eigenvalue weighted by atomic mass is 10.1. The molecule has 1 aromatic rings. The molecular weight excluding hydrogens is 377 g/mol. The number of aromatic nitrogens is 1. The molecule has 1 aliphatic heterocycles. The van der Waals surface area contributed by atoms with E-state index in [1.807, 2.05) is 0 Å². The lowest BCUT2D eigenvalue weighted by Gasteiger charge is -2.20. The summed E-state index contributed by atoms with van der Waals surface area (Å²) >= 11 is 0. The Labute approximate surface area is 148 Å². The third-order valence-corrected chi connectivity index (χ3v) is 6.19. The van der Waals surface area contributed by atoms with Crippen molar-refractivity contribution in [1.82, 2.24) is 8.87 Å². The molecular formula is C15H19F3N2O5S. The van der Waals surface area contributed by atoms with Gasteiger partial charge in [0, 0.05) is 17.0 Å². The summed E-state index contributed by atoms with van der Waals surface area (Å²) in [5, 5.41) is 0. The first-order chi connectivity index (χ1) is 11.9. The van der Waals surface area contributed by atoms with Gasteiger partial charge in [0.05, 0.1) is 19.4 Å². The third kappa shape index (κ3) is 4.09. The van der Waals surface area contributed by atoms with Crippen LogP contribution in [-0.2, 0) is 26.1 Å². The number of methoxy groups -OCH3 is 1. The van der Waals surface area contributed by atoms with E-state index in [0.29, 0.717) is 0 Å². The summed E-state index contributed by atoms with van der Waals surface area (Å²) < 4.78 is 68.5. The molecule has 0 radical (unpaired) electrons. The number of rotatable bonds is 5. The predicted molar refractivity (Wildman–Crippen MR) is 85.2 cm³/mol. The van der Waals surface area contributed by atoms with Crippen LogP contribution in [-0.4, -0.2) is 60.7 Å². The average Bonchev–Trinajstić information content (AvgIpc) is 2.96. The number of alkyl halides is 3. The first-order valence-corrected chi connectivity index (χ1v) is 9.32. The Hall–Kier alpha value is -1.88. The van der Waals surface area contributed by atoms with Gasteiger partial charge in [-0.15, -0.1) is 0 Å². The molecule has 1 aromatic heterocycles. The molecule has 1 unspecified atom stereocenters. The van der Waals surface area contributed by atoms with E-state index in [0.717, 1.165) is 16.0 Å². The van der Waals surface area contributed by atoms with Crippen molar-refractivity contribution in [3.05, 3.63) is 23.0 Å². The number of carbonyl (C=O) groups is 2. The number of hydrogen-bond donors (Lipinski definition) is 0. The van der Waals surface area contributed by atoms with Crippen LogP contribution >= 0.6 is 0 Å². The van der Waals surface area contributed by atoms with Crippen LogP contribution in [0.4, 0.5) is 13.2 Å². The van der Waals surface area contributed by atoms with Crippen LogP contribution < -0.4 is 0 Å². The number of hydrogen-bond acceptors (Lipinski definition) is 5. The van der Waals surface area contributed by atoms with Crippen molar-refractivity contribution >= 4 is 21.8 Å². The van der Waals surface area contributed by atoms with E-state index in [2.05, 4.69) is 4.74 Å². The Morgan fingerprint density at radius 1 is 1.31 bits per heavy atom. The van der Waals surface area contributed by atoms with Gasteiger partial charge in [-0.3, -0.25) is 9.59 Å². The van der Waals surface area contributed by atoms with Gasteiger partial charge in [-0.05, 0) is 26.3 Å². The maximum Gasteiger partial charge on any atom is 0.406 e. The first kappa shape index (κ1) is 20.4. The number of ether oxygens (including phenoxy) is 1. The van der Waals surface area contributed by atoms with Gasteiger partial charge in [0.1, 0.15) is 12.6 Å². The Balaban J connectivity index is 2.29. The van der Waals surface area contributed by atoms with Crippen LogP contribution in [0.5, 0.6) is 0 Å². The first-order valence-electron chi connectivity index (χ1n) is 7.71. The van der Waals surface area contributed by atoms with E-state index < -0.39 is 47.1 Å². The summed E-state index contributed by atoms with van der Waals surface area (Å²) in [6.45, 7) is 0.921. The van der Waals surface area contributed by atoms with Crippen molar-refractivity contribution in [3.8, 4) is 0 Å². The molecule has 0 N–H and O–H groups in total. The van der Waals surface area contributed by atoms with Crippen LogP contribution in [0.15, 0.2) is 6.07 Å². The van der Waals surface area contributed by atoms with E-state index in [4.69, 9.17) is 0 Å². The molecule has 26 heavy (non-hydrogen) atoms. The van der Waals surface area contributed by atoms with Crippen LogP contribution in [0, 0.1) is 13.8 Å². The van der Waals surface area contributed by atoms with Crippen molar-refractivity contribution in [2.45, 2.75) is 39.0 Å². The zero-order chi connectivity index (χ0) is 19.9. The average molecular weight is 396 g/mol. The van der Waals surface area contributed by atoms with E-state index in [-0.39, 0.29) is 29.1 Å². The van der Waals surface area contributed by atoms with E-state index in [1.165, 1.54) is 19.9 Å². The molecule has 2 rings (SSSR count). The second kappa shape index (κ2) is 7.03. The van der Waals surface area contributed by atoms with Crippen LogP contribution in [0.2, 0.25) is 0 Å². The number of esters is 1. The molecule has 0 saturated carbocycles. The van der Waals surface area contributed by atoms with Crippen LogP contribution in [0.25, 0.3) is 0 Å². The third-order valence-electron chi connectivity index (χ3n) is 4.34. The quantitative estimate of drug-likeness (QED) is 0.555. The molecule has 1 aliphatic rings. The number of halogens is 3. The van der Waals surface area contributed by atoms with Crippen molar-refractivity contribution in [1.29, 1.82) is 0 Å². The van der Waals surface area contributed by atoms with Gasteiger partial charge in [-0.25, -0.2) is 8.42 Å². The highest BCUT2D eigenvalue weighted by atomic mass is 32.2. The minimum Gasteiger partial charge on any atom is -0.468 e. The normalized spacial score (nSPS) is 20.3. The topological polar surface area (TPSA) is 85.7 Å². The molecule has 146 valence electrons. The largest absolute Gasteiger partial charge is 0.468 e. The summed E-state index contributed by atoms with van der Waals surface area (Å²) in [5.41, 5.74) is 0.325. The zero-order valence-electron chi connectivity index (χ0n) is 14.5. The molecule has 2 heterocycles. The molecule has 7 nitrogen and oxygen atoms in total. The summed E-state index contributed by atoms with van der Waals surface area (Å²) in [6.07, 6.45) is -4.46. The smallest absolute Gasteiger partial charge is 0.406 e. The number of aryl methyl sites for hydroxylation is 1. The van der Waals surface area contributed by atoms with E-state index in [1.54, 1.807) is 0 Å². The molecule has 0 spiro atoms. The van der Waals surface area contributed by atoms with Crippen LogP contribution in [0.3, 0.4) is 0 Å². The molecule has 1 saturated heterocycles. The van der Waals surface area contributed by atoms with Crippen molar-refractivity contribution in [2.24, 2.45) is 0 Å². The maximum absolute atomic E-state index is 12.7. The highest BCUT2D eigenvalue weighted by molar-refractivity contribution is 7.89. The van der Waals surface area contributed by atoms with Gasteiger partial charge in [-0.2, -0.15) is 17.5 Å². The molecule has 1 fully saturated rings. The number of nitrogens with zero attached hydrogens (tertiary/aromatic N) is 2. The Kier molecular flexibility index (Phi) is 5.52. The second-order valence-electron chi connectivity index (χ2n) is 6.10. The summed E-state index contributed by atoms with van der Waals surface area (Å²) in [7, 11) is -2.71. The highest BCUT2D eigenvalue weighted by Crippen LogP contribution is 2.26. The SMILES string of the molecule is COC(=O)C1CCS(=O)(=O)N1CC(=O)c1cc(C)n(CC(F)(F)F)c1C. The molecule has 0 bridgehead atoms. The van der Waals surface area contributed by atoms with Crippen LogP contribution in [0.1, 0.15) is 28.2 Å². The Morgan fingerprint density at radius 2 is 1.92 bits per heavy atom. The fraction of sp³-hybridized carbons (Fsp3) is 0.600. The Morgan fingerprint density at radius 3 is 2.46 bits per heavy atom. The molecule has 0 aromatic carbocycles. The maximum atomic E-state index is 12.7. The van der Waals surface area contributed by atoms with E-state index in [9.17, 15) is 31.2 Å². The van der Waals surface area contributed by atoms with Gasteiger partial charge in [-0.1, -0.05) is 0 Å². The van der Waals surface area contributed by atoms with Gasteiger partial charge in [0.25, 0.3) is 0 Å². The summed E-state index contributed by atoms with van der Waals surface area (Å²) in [4.78, 5) is 24.3. The summed E-state index contributed by atoms with van der Waals surface area (Å²) in [5.74, 6) is -1.75. The lowest BCUT2D eigenvalue weighted by molar-refractivity contribution is -0.144. The molecule has 0 amide bonds. The number of ketones is 1. The second-order valence-corrected chi connectivity index (χ2v) is 8.14. The van der Waals surface area contributed by atoms with Crippen molar-refractivity contribution < 1.29 is 35.9 Å². The van der Waals surface area contributed by atoms with Crippen molar-refractivity contribution in [3.63, 3.8) is 0 Å². The fourth-order valence-corrected chi connectivity index (χ4v) is 4.68.